The maximum Gasteiger partial charge on any atom is 0.431 e. The summed E-state index contributed by atoms with van der Waals surface area (Å²) in [7, 11) is 0. The number of hydrogen-bond donors (Lipinski definition) is 1. The fourth-order valence-corrected chi connectivity index (χ4v) is 2.22. The predicted octanol–water partition coefficient (Wildman–Crippen LogP) is 3.43. The highest BCUT2D eigenvalue weighted by Crippen LogP contribution is 2.27. The third kappa shape index (κ3) is 5.91. The molecular weight excluding hydrogens is 281 g/mol. The van der Waals surface area contributed by atoms with E-state index in [1.807, 2.05) is 6.92 Å². The van der Waals surface area contributed by atoms with Gasteiger partial charge in [0, 0.05) is 25.2 Å². The Balaban J connectivity index is 2.58. The third-order valence-electron chi connectivity index (χ3n) is 3.41. The topological polar surface area (TPSA) is 34.0 Å². The van der Waals surface area contributed by atoms with Crippen LogP contribution < -0.4 is 10.9 Å². The molecule has 1 aromatic rings. The Morgan fingerprint density at radius 1 is 1.29 bits per heavy atom. The number of pyridine rings is 1. The zero-order valence-electron chi connectivity index (χ0n) is 12.5. The second kappa shape index (κ2) is 8.22. The molecule has 6 heteroatoms. The van der Waals surface area contributed by atoms with E-state index in [0.717, 1.165) is 48.4 Å². The van der Waals surface area contributed by atoms with Crippen LogP contribution in [-0.4, -0.2) is 17.2 Å². The SMILES string of the molecule is CCCCCC(C)NCCn1c(C(F)(F)F)cccc1=O. The van der Waals surface area contributed by atoms with E-state index in [2.05, 4.69) is 12.2 Å². The van der Waals surface area contributed by atoms with Crippen LogP contribution in [0.2, 0.25) is 0 Å². The van der Waals surface area contributed by atoms with Crippen LogP contribution in [0.15, 0.2) is 23.0 Å². The molecule has 1 heterocycles. The first kappa shape index (κ1) is 17.8. The summed E-state index contributed by atoms with van der Waals surface area (Å²) in [5, 5.41) is 3.17. The molecule has 1 unspecified atom stereocenters. The van der Waals surface area contributed by atoms with E-state index in [1.165, 1.54) is 0 Å². The van der Waals surface area contributed by atoms with Crippen molar-refractivity contribution in [1.82, 2.24) is 9.88 Å². The van der Waals surface area contributed by atoms with Crippen molar-refractivity contribution < 1.29 is 13.2 Å². The molecular formula is C15H23F3N2O. The molecule has 1 aromatic heterocycles. The van der Waals surface area contributed by atoms with Gasteiger partial charge in [0.1, 0.15) is 5.69 Å². The lowest BCUT2D eigenvalue weighted by atomic mass is 10.1. The first-order chi connectivity index (χ1) is 9.86. The van der Waals surface area contributed by atoms with Crippen molar-refractivity contribution in [3.8, 4) is 0 Å². The Morgan fingerprint density at radius 3 is 2.62 bits per heavy atom. The van der Waals surface area contributed by atoms with E-state index >= 15 is 0 Å². The number of unbranched alkanes of at least 4 members (excludes halogenated alkanes) is 2. The Hall–Kier alpha value is -1.30. The Labute approximate surface area is 123 Å². The lowest BCUT2D eigenvalue weighted by molar-refractivity contribution is -0.144. The van der Waals surface area contributed by atoms with E-state index < -0.39 is 17.4 Å². The smallest absolute Gasteiger partial charge is 0.312 e. The molecule has 0 aliphatic rings. The fourth-order valence-electron chi connectivity index (χ4n) is 2.22. The molecule has 0 aromatic carbocycles. The summed E-state index contributed by atoms with van der Waals surface area (Å²) in [6, 6.07) is 3.47. The molecule has 1 rings (SSSR count). The highest BCUT2D eigenvalue weighted by Gasteiger charge is 2.33. The second-order valence-electron chi connectivity index (χ2n) is 5.25. The zero-order chi connectivity index (χ0) is 15.9. The maximum atomic E-state index is 12.8. The van der Waals surface area contributed by atoms with Crippen LogP contribution in [0.4, 0.5) is 13.2 Å². The third-order valence-corrected chi connectivity index (χ3v) is 3.41. The molecule has 0 saturated carbocycles. The van der Waals surface area contributed by atoms with Gasteiger partial charge in [0.15, 0.2) is 0 Å². The Bertz CT molecular complexity index is 483. The number of rotatable bonds is 8. The summed E-state index contributed by atoms with van der Waals surface area (Å²) in [6.07, 6.45) is -0.121. The van der Waals surface area contributed by atoms with Gasteiger partial charge in [-0.2, -0.15) is 13.2 Å². The van der Waals surface area contributed by atoms with Gasteiger partial charge in [-0.3, -0.25) is 4.79 Å². The van der Waals surface area contributed by atoms with Gasteiger partial charge in [-0.05, 0) is 19.4 Å². The molecule has 0 fully saturated rings. The Morgan fingerprint density at radius 2 is 2.00 bits per heavy atom. The van der Waals surface area contributed by atoms with Crippen molar-refractivity contribution in [2.75, 3.05) is 6.54 Å². The first-order valence-electron chi connectivity index (χ1n) is 7.36. The summed E-state index contributed by atoms with van der Waals surface area (Å²) in [4.78, 5) is 11.6. The molecule has 1 atom stereocenters. The molecule has 0 amide bonds. The summed E-state index contributed by atoms with van der Waals surface area (Å²) >= 11 is 0. The fraction of sp³-hybridized carbons (Fsp3) is 0.667. The first-order valence-corrected chi connectivity index (χ1v) is 7.36. The molecule has 21 heavy (non-hydrogen) atoms. The van der Waals surface area contributed by atoms with Crippen LogP contribution in [0.25, 0.3) is 0 Å². The van der Waals surface area contributed by atoms with Gasteiger partial charge >= 0.3 is 6.18 Å². The van der Waals surface area contributed by atoms with Crippen molar-refractivity contribution in [1.29, 1.82) is 0 Å². The van der Waals surface area contributed by atoms with Crippen molar-refractivity contribution in [3.63, 3.8) is 0 Å². The summed E-state index contributed by atoms with van der Waals surface area (Å²) < 4.78 is 39.3. The van der Waals surface area contributed by atoms with E-state index in [0.29, 0.717) is 6.54 Å². The monoisotopic (exact) mass is 304 g/mol. The van der Waals surface area contributed by atoms with Crippen molar-refractivity contribution in [2.45, 2.75) is 58.3 Å². The van der Waals surface area contributed by atoms with Crippen LogP contribution in [-0.2, 0) is 12.7 Å². The minimum absolute atomic E-state index is 0.0205. The molecule has 120 valence electrons. The second-order valence-corrected chi connectivity index (χ2v) is 5.25. The minimum Gasteiger partial charge on any atom is -0.312 e. The van der Waals surface area contributed by atoms with Gasteiger partial charge < -0.3 is 9.88 Å². The molecule has 1 N–H and O–H groups in total. The van der Waals surface area contributed by atoms with E-state index in [-0.39, 0.29) is 12.6 Å². The van der Waals surface area contributed by atoms with Crippen molar-refractivity contribution >= 4 is 0 Å². The van der Waals surface area contributed by atoms with Gasteiger partial charge in [-0.1, -0.05) is 32.3 Å². The number of alkyl halides is 3. The van der Waals surface area contributed by atoms with Gasteiger partial charge in [0.05, 0.1) is 0 Å². The molecule has 0 bridgehead atoms. The summed E-state index contributed by atoms with van der Waals surface area (Å²) in [5.74, 6) is 0. The molecule has 3 nitrogen and oxygen atoms in total. The van der Waals surface area contributed by atoms with Crippen molar-refractivity contribution in [2.24, 2.45) is 0 Å². The van der Waals surface area contributed by atoms with Crippen LogP contribution in [0, 0.1) is 0 Å². The van der Waals surface area contributed by atoms with E-state index in [4.69, 9.17) is 0 Å². The van der Waals surface area contributed by atoms with Crippen LogP contribution in [0.1, 0.15) is 45.2 Å². The number of aromatic nitrogens is 1. The predicted molar refractivity (Wildman–Crippen MR) is 77.3 cm³/mol. The number of nitrogens with zero attached hydrogens (tertiary/aromatic N) is 1. The quantitative estimate of drug-likeness (QED) is 0.747. The number of nitrogens with one attached hydrogen (secondary N) is 1. The molecule has 0 saturated heterocycles. The molecule has 0 spiro atoms. The normalized spacial score (nSPS) is 13.4. The van der Waals surface area contributed by atoms with Gasteiger partial charge in [-0.15, -0.1) is 0 Å². The highest BCUT2D eigenvalue weighted by molar-refractivity contribution is 5.10. The zero-order valence-corrected chi connectivity index (χ0v) is 12.5. The Kier molecular flexibility index (Phi) is 6.95. The highest BCUT2D eigenvalue weighted by atomic mass is 19.4. The minimum atomic E-state index is -4.51. The van der Waals surface area contributed by atoms with Gasteiger partial charge in [-0.25, -0.2) is 0 Å². The van der Waals surface area contributed by atoms with Crippen LogP contribution in [0.5, 0.6) is 0 Å². The van der Waals surface area contributed by atoms with Gasteiger partial charge in [0.2, 0.25) is 0 Å². The van der Waals surface area contributed by atoms with Gasteiger partial charge in [0.25, 0.3) is 5.56 Å². The van der Waals surface area contributed by atoms with Crippen LogP contribution in [0.3, 0.4) is 0 Å². The van der Waals surface area contributed by atoms with Crippen molar-refractivity contribution in [3.05, 3.63) is 34.2 Å². The average Bonchev–Trinajstić information content (AvgIpc) is 2.39. The maximum absolute atomic E-state index is 12.8. The summed E-state index contributed by atoms with van der Waals surface area (Å²) in [6.45, 7) is 4.50. The van der Waals surface area contributed by atoms with E-state index in [1.54, 1.807) is 0 Å². The van der Waals surface area contributed by atoms with E-state index in [9.17, 15) is 18.0 Å². The lowest BCUT2D eigenvalue weighted by Gasteiger charge is -2.17. The number of halogens is 3. The summed E-state index contributed by atoms with van der Waals surface area (Å²) in [5.41, 5.74) is -1.51. The average molecular weight is 304 g/mol. The molecule has 0 aliphatic carbocycles. The standard InChI is InChI=1S/C15H23F3N2O/c1-3-4-5-7-12(2)19-10-11-20-13(15(16,17)18)8-6-9-14(20)21/h6,8-9,12,19H,3-5,7,10-11H2,1-2H3. The molecule has 0 aliphatic heterocycles. The van der Waals surface area contributed by atoms with Crippen LogP contribution >= 0.6 is 0 Å². The lowest BCUT2D eigenvalue weighted by Crippen LogP contribution is -2.34. The molecule has 0 radical (unpaired) electrons. The largest absolute Gasteiger partial charge is 0.431 e. The number of hydrogen-bond acceptors (Lipinski definition) is 2.